The molecule has 3 aliphatic heterocycles. The zero-order chi connectivity index (χ0) is 32.3. The second-order valence-electron chi connectivity index (χ2n) is 17.9. The van der Waals surface area contributed by atoms with Crippen LogP contribution in [0.5, 0.6) is 17.2 Å². The van der Waals surface area contributed by atoms with Crippen LogP contribution in [0, 0.1) is 17.8 Å². The van der Waals surface area contributed by atoms with Crippen molar-refractivity contribution >= 4 is 40.4 Å². The van der Waals surface area contributed by atoms with Crippen LogP contribution in [0.3, 0.4) is 0 Å². The molecule has 9 unspecified atom stereocenters. The van der Waals surface area contributed by atoms with E-state index in [1.807, 2.05) is 0 Å². The van der Waals surface area contributed by atoms with Gasteiger partial charge in [0.05, 0.1) is 36.6 Å². The Morgan fingerprint density at radius 1 is 0.543 bits per heavy atom. The number of hydrogen-bond acceptors (Lipinski definition) is 6. The van der Waals surface area contributed by atoms with Crippen LogP contribution < -0.4 is 18.5 Å². The highest BCUT2D eigenvalue weighted by Gasteiger charge is 2.46. The smallest absolute Gasteiger partial charge is 0.245 e. The normalized spacial score (nSPS) is 35.0. The molecule has 9 atom stereocenters. The van der Waals surface area contributed by atoms with Gasteiger partial charge in [0, 0.05) is 10.2 Å². The van der Waals surface area contributed by atoms with Crippen LogP contribution in [0.2, 0.25) is 57.4 Å². The van der Waals surface area contributed by atoms with Crippen molar-refractivity contribution in [1.29, 1.82) is 0 Å². The molecule has 0 amide bonds. The minimum atomic E-state index is -2.05. The molecular formula is C36H62O6Si4. The Bertz CT molecular complexity index is 1240. The Labute approximate surface area is 285 Å². The molecule has 3 heterocycles. The van der Waals surface area contributed by atoms with Crippen molar-refractivity contribution in [3.05, 3.63) is 12.1 Å². The van der Waals surface area contributed by atoms with Gasteiger partial charge < -0.3 is 27.5 Å². The minimum Gasteiger partial charge on any atom is -0.542 e. The maximum atomic E-state index is 7.28. The van der Waals surface area contributed by atoms with Crippen molar-refractivity contribution in [2.75, 3.05) is 0 Å². The van der Waals surface area contributed by atoms with Crippen molar-refractivity contribution in [2.45, 2.75) is 171 Å². The van der Waals surface area contributed by atoms with Gasteiger partial charge in [-0.25, -0.2) is 0 Å². The van der Waals surface area contributed by atoms with Crippen LogP contribution in [0.1, 0.15) is 77.0 Å². The first-order valence-electron chi connectivity index (χ1n) is 19.0. The monoisotopic (exact) mass is 702 g/mol. The van der Waals surface area contributed by atoms with E-state index in [-0.39, 0.29) is 0 Å². The number of hydrogen-bond donors (Lipinski definition) is 0. The summed E-state index contributed by atoms with van der Waals surface area (Å²) in [6, 6.07) is 8.02. The molecule has 0 aromatic heterocycles. The van der Waals surface area contributed by atoms with Crippen LogP contribution in [0.25, 0.3) is 0 Å². The number of benzene rings is 1. The quantitative estimate of drug-likeness (QED) is 0.141. The molecular weight excluding hydrogens is 641 g/mol. The maximum absolute atomic E-state index is 7.28. The second kappa shape index (κ2) is 13.2. The summed E-state index contributed by atoms with van der Waals surface area (Å²) in [5, 5.41) is 1.31. The standard InChI is InChI=1S/C36H62O6Si4/c1-44(2,18-15-24-7-10-27-31(21-24)37-27)40-30-13-14-34(43)36(42-46(5,6)20-17-26-9-12-29-33(23-26)39-29)35(30)41-45(3,4)19-16-25-8-11-28-32(22-25)38-28/h13-14,24-29,31-33H,7-12,15-23H2,1-6,43H3. The molecule has 0 bridgehead atoms. The highest BCUT2D eigenvalue weighted by molar-refractivity contribution is 6.73. The minimum absolute atomic E-state index is 0.546. The summed E-state index contributed by atoms with van der Waals surface area (Å²) in [5.41, 5.74) is 0. The number of rotatable bonds is 15. The van der Waals surface area contributed by atoms with Crippen LogP contribution in [0.4, 0.5) is 0 Å². The molecule has 0 spiro atoms. The molecule has 6 fully saturated rings. The van der Waals surface area contributed by atoms with Crippen LogP contribution in [-0.2, 0) is 14.2 Å². The highest BCUT2D eigenvalue weighted by atomic mass is 28.4. The Hall–Kier alpha value is -0.632. The van der Waals surface area contributed by atoms with Crippen LogP contribution in [0.15, 0.2) is 12.1 Å². The zero-order valence-electron chi connectivity index (χ0n) is 29.9. The van der Waals surface area contributed by atoms with Crippen molar-refractivity contribution < 1.29 is 27.5 Å². The first-order chi connectivity index (χ1) is 21.8. The molecule has 1 aromatic rings. The summed E-state index contributed by atoms with van der Waals surface area (Å²) in [7, 11) is -5.12. The molecule has 0 N–H and O–H groups in total. The van der Waals surface area contributed by atoms with Gasteiger partial charge in [0.1, 0.15) is 11.5 Å². The highest BCUT2D eigenvalue weighted by Crippen LogP contribution is 2.46. The Kier molecular flexibility index (Phi) is 9.75. The maximum Gasteiger partial charge on any atom is 0.245 e. The summed E-state index contributed by atoms with van der Waals surface area (Å²) in [6.07, 6.45) is 18.6. The van der Waals surface area contributed by atoms with Crippen molar-refractivity contribution in [2.24, 2.45) is 17.8 Å². The Balaban J connectivity index is 1.06. The van der Waals surface area contributed by atoms with Crippen molar-refractivity contribution in [3.8, 4) is 17.2 Å². The van der Waals surface area contributed by atoms with Crippen LogP contribution >= 0.6 is 0 Å². The van der Waals surface area contributed by atoms with E-state index in [1.165, 1.54) is 100 Å². The number of ether oxygens (including phenoxy) is 3. The van der Waals surface area contributed by atoms with Gasteiger partial charge >= 0.3 is 0 Å². The van der Waals surface area contributed by atoms with E-state index in [1.54, 1.807) is 0 Å². The topological polar surface area (TPSA) is 65.3 Å². The van der Waals surface area contributed by atoms with Gasteiger partial charge in [-0.05, 0) is 163 Å². The average Bonchev–Trinajstić information content (AvgIpc) is 3.88. The molecule has 258 valence electrons. The third-order valence-electron chi connectivity index (χ3n) is 12.2. The predicted octanol–water partition coefficient (Wildman–Crippen LogP) is 7.30. The third-order valence-corrected chi connectivity index (χ3v) is 19.8. The Morgan fingerprint density at radius 3 is 1.35 bits per heavy atom. The molecule has 3 aliphatic carbocycles. The molecule has 6 aliphatic rings. The molecule has 3 saturated heterocycles. The molecule has 3 saturated carbocycles. The van der Waals surface area contributed by atoms with E-state index in [0.29, 0.717) is 36.6 Å². The van der Waals surface area contributed by atoms with E-state index in [4.69, 9.17) is 27.5 Å². The lowest BCUT2D eigenvalue weighted by Crippen LogP contribution is -2.40. The molecule has 1 aromatic carbocycles. The van der Waals surface area contributed by atoms with Crippen molar-refractivity contribution in [3.63, 3.8) is 0 Å². The molecule has 0 radical (unpaired) electrons. The van der Waals surface area contributed by atoms with Gasteiger partial charge in [-0.1, -0.05) is 6.07 Å². The molecule has 7 rings (SSSR count). The van der Waals surface area contributed by atoms with E-state index in [2.05, 4.69) is 51.4 Å². The van der Waals surface area contributed by atoms with E-state index >= 15 is 0 Å². The van der Waals surface area contributed by atoms with Gasteiger partial charge in [-0.15, -0.1) is 0 Å². The average molecular weight is 703 g/mol. The van der Waals surface area contributed by atoms with E-state index in [9.17, 15) is 0 Å². The number of epoxide rings is 3. The van der Waals surface area contributed by atoms with Gasteiger partial charge in [0.15, 0.2) is 5.75 Å². The molecule has 10 heteroatoms. The SMILES string of the molecule is C[Si](C)(CCC1CCC2OC2C1)Oc1ccc([SiH3])c(O[Si](C)(C)CCC2CCC3OC3C2)c1O[Si](C)(C)CCC1CCC2OC2C1. The summed E-state index contributed by atoms with van der Waals surface area (Å²) >= 11 is 0. The van der Waals surface area contributed by atoms with E-state index < -0.39 is 25.0 Å². The lowest BCUT2D eigenvalue weighted by atomic mass is 9.88. The van der Waals surface area contributed by atoms with Crippen molar-refractivity contribution in [1.82, 2.24) is 0 Å². The summed E-state index contributed by atoms with van der Waals surface area (Å²) in [4.78, 5) is 0. The van der Waals surface area contributed by atoms with E-state index in [0.717, 1.165) is 45.2 Å². The Morgan fingerprint density at radius 2 is 0.935 bits per heavy atom. The summed E-state index contributed by atoms with van der Waals surface area (Å²) in [5.74, 6) is 5.27. The lowest BCUT2D eigenvalue weighted by molar-refractivity contribution is 0.353. The second-order valence-corrected chi connectivity index (χ2v) is 31.7. The predicted molar refractivity (Wildman–Crippen MR) is 197 cm³/mol. The number of fused-ring (bicyclic) bond motifs is 3. The van der Waals surface area contributed by atoms with Gasteiger partial charge in [-0.3, -0.25) is 0 Å². The van der Waals surface area contributed by atoms with Crippen LogP contribution in [-0.4, -0.2) is 71.8 Å². The van der Waals surface area contributed by atoms with Gasteiger partial charge in [0.2, 0.25) is 25.0 Å². The lowest BCUT2D eigenvalue weighted by Gasteiger charge is -2.34. The van der Waals surface area contributed by atoms with Gasteiger partial charge in [0.25, 0.3) is 0 Å². The fourth-order valence-electron chi connectivity index (χ4n) is 8.85. The third kappa shape index (κ3) is 8.74. The zero-order valence-corrected chi connectivity index (χ0v) is 34.9. The summed E-state index contributed by atoms with van der Waals surface area (Å²) in [6.45, 7) is 14.5. The fourth-order valence-corrected chi connectivity index (χ4v) is 15.5. The first-order valence-corrected chi connectivity index (χ1v) is 29.3. The van der Waals surface area contributed by atoms with Gasteiger partial charge in [-0.2, -0.15) is 0 Å². The molecule has 6 nitrogen and oxygen atoms in total. The fraction of sp³-hybridized carbons (Fsp3) is 0.833. The first kappa shape index (κ1) is 33.8. The largest absolute Gasteiger partial charge is 0.542 e. The molecule has 46 heavy (non-hydrogen) atoms. The summed E-state index contributed by atoms with van der Waals surface area (Å²) < 4.78 is 39.2.